The van der Waals surface area contributed by atoms with Gasteiger partial charge in [0.1, 0.15) is 0 Å². The van der Waals surface area contributed by atoms with E-state index in [1.165, 1.54) is 96.3 Å². The maximum Gasteiger partial charge on any atom is 0.338 e. The third-order valence-corrected chi connectivity index (χ3v) is 9.45. The fourth-order valence-corrected chi connectivity index (χ4v) is 7.20. The highest BCUT2D eigenvalue weighted by atomic mass is 28.4. The van der Waals surface area contributed by atoms with Gasteiger partial charge in [0, 0.05) is 18.8 Å². The van der Waals surface area contributed by atoms with Gasteiger partial charge in [0.05, 0.1) is 0 Å². The Morgan fingerprint density at radius 2 is 0.885 bits per heavy atom. The van der Waals surface area contributed by atoms with Crippen LogP contribution in [0.5, 0.6) is 0 Å². The molecule has 2 nitrogen and oxygen atoms in total. The monoisotopic (exact) mass is 386 g/mol. The average Bonchev–Trinajstić information content (AvgIpc) is 2.62. The van der Waals surface area contributed by atoms with Crippen LogP contribution in [0.1, 0.15) is 124 Å². The molecule has 0 N–H and O–H groups in total. The molecule has 0 spiro atoms. The fourth-order valence-electron chi connectivity index (χ4n) is 4.04. The van der Waals surface area contributed by atoms with E-state index in [2.05, 4.69) is 34.2 Å². The molecule has 0 rings (SSSR count). The predicted molar refractivity (Wildman–Crippen MR) is 119 cm³/mol. The summed E-state index contributed by atoms with van der Waals surface area (Å²) in [6.45, 7) is 12.7. The van der Waals surface area contributed by atoms with E-state index in [9.17, 15) is 0 Å². The topological polar surface area (TPSA) is 18.5 Å². The molecule has 0 heterocycles. The van der Waals surface area contributed by atoms with Crippen molar-refractivity contribution >= 4 is 8.56 Å². The second-order valence-corrected chi connectivity index (χ2v) is 11.5. The lowest BCUT2D eigenvalue weighted by Gasteiger charge is -2.34. The molecule has 0 radical (unpaired) electrons. The van der Waals surface area contributed by atoms with Crippen LogP contribution in [0.15, 0.2) is 0 Å². The van der Waals surface area contributed by atoms with Crippen molar-refractivity contribution in [3.8, 4) is 0 Å². The predicted octanol–water partition coefficient (Wildman–Crippen LogP) is 8.39. The van der Waals surface area contributed by atoms with Crippen molar-refractivity contribution in [1.82, 2.24) is 0 Å². The van der Waals surface area contributed by atoms with Gasteiger partial charge in [-0.3, -0.25) is 0 Å². The smallest absolute Gasteiger partial charge is 0.338 e. The molecule has 0 fully saturated rings. The van der Waals surface area contributed by atoms with Crippen molar-refractivity contribution in [2.75, 3.05) is 13.2 Å². The number of hydrogen-bond donors (Lipinski definition) is 0. The summed E-state index contributed by atoms with van der Waals surface area (Å²) in [5.74, 6) is 0. The second-order valence-electron chi connectivity index (χ2n) is 8.05. The number of rotatable bonds is 20. The molecular formula is C23H50O2Si. The maximum atomic E-state index is 6.24. The van der Waals surface area contributed by atoms with Crippen molar-refractivity contribution in [2.45, 2.75) is 136 Å². The van der Waals surface area contributed by atoms with Crippen LogP contribution in [0.2, 0.25) is 12.1 Å². The maximum absolute atomic E-state index is 6.24. The lowest BCUT2D eigenvalue weighted by atomic mass is 10.0. The van der Waals surface area contributed by atoms with E-state index in [0.717, 1.165) is 13.2 Å². The van der Waals surface area contributed by atoms with Crippen LogP contribution in [0.25, 0.3) is 0 Å². The van der Waals surface area contributed by atoms with E-state index < -0.39 is 8.56 Å². The lowest BCUT2D eigenvalue weighted by Crippen LogP contribution is -2.44. The van der Waals surface area contributed by atoms with Crippen LogP contribution in [-0.4, -0.2) is 21.8 Å². The Bertz CT molecular complexity index is 277. The summed E-state index contributed by atoms with van der Waals surface area (Å²) in [6, 6.07) is 0. The van der Waals surface area contributed by atoms with Gasteiger partial charge >= 0.3 is 8.56 Å². The van der Waals surface area contributed by atoms with E-state index in [4.69, 9.17) is 8.85 Å². The first-order chi connectivity index (χ1) is 12.6. The first kappa shape index (κ1) is 26.1. The average molecular weight is 387 g/mol. The fraction of sp³-hybridized carbons (Fsp3) is 1.00. The Kier molecular flexibility index (Phi) is 18.6. The van der Waals surface area contributed by atoms with E-state index >= 15 is 0 Å². The Morgan fingerprint density at radius 1 is 0.538 bits per heavy atom. The molecule has 0 aromatic heterocycles. The summed E-state index contributed by atoms with van der Waals surface area (Å²) in [5, 5.41) is 0. The standard InChI is InChI=1S/C23H50O2Si/c1-6-10-12-14-15-16-17-18-20-22-23(21-19-13-11-7-2)26(5,24-8-3)25-9-4/h23H,6-22H2,1-5H3. The first-order valence-corrected chi connectivity index (χ1v) is 14.3. The van der Waals surface area contributed by atoms with Crippen molar-refractivity contribution in [2.24, 2.45) is 0 Å². The van der Waals surface area contributed by atoms with Gasteiger partial charge in [-0.2, -0.15) is 0 Å². The summed E-state index contributed by atoms with van der Waals surface area (Å²) in [7, 11) is -2.03. The third-order valence-electron chi connectivity index (χ3n) is 5.67. The number of unbranched alkanes of at least 4 members (excludes halogenated alkanes) is 11. The third kappa shape index (κ3) is 13.3. The van der Waals surface area contributed by atoms with E-state index in [-0.39, 0.29) is 0 Å². The summed E-state index contributed by atoms with van der Waals surface area (Å²) >= 11 is 0. The van der Waals surface area contributed by atoms with Gasteiger partial charge in [-0.15, -0.1) is 0 Å². The Balaban J connectivity index is 4.21. The van der Waals surface area contributed by atoms with Crippen LogP contribution in [-0.2, 0) is 8.85 Å². The molecule has 0 aliphatic carbocycles. The molecule has 158 valence electrons. The minimum atomic E-state index is -2.03. The van der Waals surface area contributed by atoms with Gasteiger partial charge in [-0.1, -0.05) is 97.3 Å². The zero-order chi connectivity index (χ0) is 19.5. The quantitative estimate of drug-likeness (QED) is 0.154. The summed E-state index contributed by atoms with van der Waals surface area (Å²) in [4.78, 5) is 0. The van der Waals surface area contributed by atoms with Crippen molar-refractivity contribution in [1.29, 1.82) is 0 Å². The molecular weight excluding hydrogens is 336 g/mol. The normalized spacial score (nSPS) is 13.3. The second kappa shape index (κ2) is 18.5. The van der Waals surface area contributed by atoms with Crippen LogP contribution < -0.4 is 0 Å². The highest BCUT2D eigenvalue weighted by Crippen LogP contribution is 2.35. The van der Waals surface area contributed by atoms with Gasteiger partial charge in [-0.25, -0.2) is 0 Å². The summed E-state index contributed by atoms with van der Waals surface area (Å²) in [6.07, 6.45) is 20.7. The highest BCUT2D eigenvalue weighted by Gasteiger charge is 2.39. The zero-order valence-corrected chi connectivity index (χ0v) is 19.9. The van der Waals surface area contributed by atoms with Crippen molar-refractivity contribution < 1.29 is 8.85 Å². The summed E-state index contributed by atoms with van der Waals surface area (Å²) in [5.41, 5.74) is 0.670. The first-order valence-electron chi connectivity index (χ1n) is 11.9. The molecule has 0 aromatic rings. The Morgan fingerprint density at radius 3 is 1.27 bits per heavy atom. The van der Waals surface area contributed by atoms with E-state index in [0.29, 0.717) is 5.54 Å². The Labute approximate surface area is 167 Å². The molecule has 0 aliphatic rings. The van der Waals surface area contributed by atoms with E-state index in [1.54, 1.807) is 0 Å². The largest absolute Gasteiger partial charge is 0.394 e. The molecule has 0 aliphatic heterocycles. The molecule has 0 amide bonds. The minimum absolute atomic E-state index is 0.670. The molecule has 1 unspecified atom stereocenters. The van der Waals surface area contributed by atoms with E-state index in [1.807, 2.05) is 0 Å². The Hall–Kier alpha value is 0.137. The van der Waals surface area contributed by atoms with Gasteiger partial charge in [0.2, 0.25) is 0 Å². The zero-order valence-electron chi connectivity index (χ0n) is 18.9. The summed E-state index contributed by atoms with van der Waals surface area (Å²) < 4.78 is 12.5. The van der Waals surface area contributed by atoms with Gasteiger partial charge in [0.15, 0.2) is 0 Å². The van der Waals surface area contributed by atoms with Gasteiger partial charge < -0.3 is 8.85 Å². The minimum Gasteiger partial charge on any atom is -0.394 e. The molecule has 3 heteroatoms. The van der Waals surface area contributed by atoms with Crippen LogP contribution in [0.4, 0.5) is 0 Å². The molecule has 0 aromatic carbocycles. The van der Waals surface area contributed by atoms with Crippen molar-refractivity contribution in [3.63, 3.8) is 0 Å². The van der Waals surface area contributed by atoms with Gasteiger partial charge in [0.25, 0.3) is 0 Å². The molecule has 26 heavy (non-hydrogen) atoms. The van der Waals surface area contributed by atoms with Crippen molar-refractivity contribution in [3.05, 3.63) is 0 Å². The number of hydrogen-bond acceptors (Lipinski definition) is 2. The highest BCUT2D eigenvalue weighted by molar-refractivity contribution is 6.67. The van der Waals surface area contributed by atoms with Crippen LogP contribution >= 0.6 is 0 Å². The lowest BCUT2D eigenvalue weighted by molar-refractivity contribution is 0.173. The molecule has 1 atom stereocenters. The molecule has 0 bridgehead atoms. The van der Waals surface area contributed by atoms with Crippen LogP contribution in [0, 0.1) is 0 Å². The van der Waals surface area contributed by atoms with Crippen LogP contribution in [0.3, 0.4) is 0 Å². The van der Waals surface area contributed by atoms with Gasteiger partial charge in [-0.05, 0) is 33.2 Å². The molecule has 0 saturated carbocycles. The molecule has 0 saturated heterocycles. The SMILES string of the molecule is CCCCCCCCCCCC(CCCCCC)[Si](C)(OCC)OCC.